The van der Waals surface area contributed by atoms with Gasteiger partial charge in [0.15, 0.2) is 5.82 Å². The van der Waals surface area contributed by atoms with Crippen LogP contribution in [0, 0.1) is 12.7 Å². The van der Waals surface area contributed by atoms with Crippen molar-refractivity contribution in [1.29, 1.82) is 0 Å². The first-order valence-electron chi connectivity index (χ1n) is 7.66. The molecule has 0 spiro atoms. The molecule has 0 amide bonds. The van der Waals surface area contributed by atoms with E-state index in [1.165, 1.54) is 31.2 Å². The van der Waals surface area contributed by atoms with E-state index in [1.54, 1.807) is 0 Å². The third kappa shape index (κ3) is 3.58. The van der Waals surface area contributed by atoms with Gasteiger partial charge in [0.05, 0.1) is 10.6 Å². The molecule has 3 rings (SSSR count). The number of rotatable bonds is 5. The number of hydrogen-bond acceptors (Lipinski definition) is 4. The summed E-state index contributed by atoms with van der Waals surface area (Å²) in [6.07, 6.45) is 0. The van der Waals surface area contributed by atoms with Crippen molar-refractivity contribution in [3.8, 4) is 17.2 Å². The van der Waals surface area contributed by atoms with Gasteiger partial charge in [-0.15, -0.1) is 5.10 Å². The van der Waals surface area contributed by atoms with E-state index in [1.807, 2.05) is 0 Å². The molecule has 0 saturated carbocycles. The molecule has 0 atom stereocenters. The Labute approximate surface area is 160 Å². The van der Waals surface area contributed by atoms with E-state index >= 15 is 0 Å². The first-order valence-corrected chi connectivity index (χ1v) is 8.03. The number of carbonyl (C=O) groups is 1. The number of halogens is 4. The number of aromatic nitrogens is 3. The second kappa shape index (κ2) is 7.39. The molecule has 0 bridgehead atoms. The van der Waals surface area contributed by atoms with Crippen molar-refractivity contribution in [1.82, 2.24) is 14.3 Å². The molecule has 7 nitrogen and oxygen atoms in total. The Bertz CT molecular complexity index is 1110. The predicted octanol–water partition coefficient (Wildman–Crippen LogP) is 4.02. The molecule has 1 N–H and O–H groups in total. The van der Waals surface area contributed by atoms with Crippen LogP contribution in [0.1, 0.15) is 22.7 Å². The average molecular weight is 414 g/mol. The third-order valence-corrected chi connectivity index (χ3v) is 4.03. The molecule has 1 aromatic heterocycles. The number of aromatic carboxylic acids is 1. The molecular formula is C17H11ClF3N3O4. The number of alkyl halides is 2. The number of carboxylic acids is 1. The number of ether oxygens (including phenoxy) is 1. The molecule has 0 aliphatic rings. The smallest absolute Gasteiger partial charge is 0.355 e. The fourth-order valence-corrected chi connectivity index (χ4v) is 2.60. The van der Waals surface area contributed by atoms with Crippen molar-refractivity contribution in [3.63, 3.8) is 0 Å². The molecule has 0 unspecified atom stereocenters. The van der Waals surface area contributed by atoms with Gasteiger partial charge in [-0.25, -0.2) is 18.5 Å². The Morgan fingerprint density at radius 3 is 2.43 bits per heavy atom. The van der Waals surface area contributed by atoms with Gasteiger partial charge in [-0.3, -0.25) is 0 Å². The highest BCUT2D eigenvalue weighted by molar-refractivity contribution is 6.32. The summed E-state index contributed by atoms with van der Waals surface area (Å²) in [6, 6.07) is 7.16. The SMILES string of the molecule is Cc1nn(-c2cc(Oc3ccc(C(=O)O)cc3)c(Cl)cc2F)c(=O)n1C(F)F. The lowest BCUT2D eigenvalue weighted by molar-refractivity contribution is 0.0639. The Kier molecular flexibility index (Phi) is 5.14. The lowest BCUT2D eigenvalue weighted by atomic mass is 10.2. The highest BCUT2D eigenvalue weighted by atomic mass is 35.5. The molecule has 11 heteroatoms. The Hall–Kier alpha value is -3.27. The van der Waals surface area contributed by atoms with E-state index in [9.17, 15) is 22.8 Å². The summed E-state index contributed by atoms with van der Waals surface area (Å²) < 4.78 is 46.3. The monoisotopic (exact) mass is 413 g/mol. The van der Waals surface area contributed by atoms with Crippen LogP contribution in [-0.2, 0) is 0 Å². The second-order valence-electron chi connectivity index (χ2n) is 5.55. The van der Waals surface area contributed by atoms with Crippen LogP contribution in [0.15, 0.2) is 41.2 Å². The van der Waals surface area contributed by atoms with Gasteiger partial charge in [-0.1, -0.05) is 11.6 Å². The molecule has 1 heterocycles. The highest BCUT2D eigenvalue weighted by Crippen LogP contribution is 2.33. The van der Waals surface area contributed by atoms with Crippen LogP contribution in [0.2, 0.25) is 5.02 Å². The van der Waals surface area contributed by atoms with Crippen LogP contribution < -0.4 is 10.4 Å². The zero-order valence-corrected chi connectivity index (χ0v) is 14.8. The molecular weight excluding hydrogens is 403 g/mol. The lowest BCUT2D eigenvalue weighted by Crippen LogP contribution is -2.25. The van der Waals surface area contributed by atoms with Gasteiger partial charge in [-0.05, 0) is 37.3 Å². The molecule has 0 aliphatic carbocycles. The van der Waals surface area contributed by atoms with Gasteiger partial charge < -0.3 is 9.84 Å². The van der Waals surface area contributed by atoms with Gasteiger partial charge >= 0.3 is 18.2 Å². The van der Waals surface area contributed by atoms with Crippen molar-refractivity contribution in [3.05, 3.63) is 69.1 Å². The van der Waals surface area contributed by atoms with Crippen molar-refractivity contribution < 1.29 is 27.8 Å². The fraction of sp³-hybridized carbons (Fsp3) is 0.118. The molecule has 28 heavy (non-hydrogen) atoms. The van der Waals surface area contributed by atoms with Gasteiger partial charge in [0, 0.05) is 6.07 Å². The predicted molar refractivity (Wildman–Crippen MR) is 92.3 cm³/mol. The summed E-state index contributed by atoms with van der Waals surface area (Å²) >= 11 is 5.96. The summed E-state index contributed by atoms with van der Waals surface area (Å²) in [5, 5.41) is 12.4. The maximum Gasteiger partial charge on any atom is 0.355 e. The number of aryl methyl sites for hydroxylation is 1. The van der Waals surface area contributed by atoms with E-state index < -0.39 is 29.7 Å². The molecule has 0 saturated heterocycles. The van der Waals surface area contributed by atoms with Crippen LogP contribution in [-0.4, -0.2) is 25.4 Å². The van der Waals surface area contributed by atoms with Gasteiger partial charge in [0.2, 0.25) is 0 Å². The van der Waals surface area contributed by atoms with Crippen molar-refractivity contribution in [2.45, 2.75) is 13.5 Å². The standard InChI is InChI=1S/C17H11ClF3N3O4/c1-8-22-24(17(27)23(8)16(20)21)13-7-14(11(18)6-12(13)19)28-10-4-2-9(3-5-10)15(25)26/h2-7,16H,1H3,(H,25,26). The zero-order chi connectivity index (χ0) is 20.6. The van der Waals surface area contributed by atoms with Crippen LogP contribution in [0.3, 0.4) is 0 Å². The topological polar surface area (TPSA) is 86.4 Å². The van der Waals surface area contributed by atoms with E-state index in [0.717, 1.165) is 12.1 Å². The summed E-state index contributed by atoms with van der Waals surface area (Å²) in [5.74, 6) is -2.30. The minimum atomic E-state index is -3.14. The fourth-order valence-electron chi connectivity index (χ4n) is 2.41. The molecule has 0 aliphatic heterocycles. The first-order chi connectivity index (χ1) is 13.2. The summed E-state index contributed by atoms with van der Waals surface area (Å²) in [6.45, 7) is -1.96. The van der Waals surface area contributed by atoms with Crippen LogP contribution in [0.4, 0.5) is 13.2 Å². The Morgan fingerprint density at radius 1 is 1.25 bits per heavy atom. The maximum absolute atomic E-state index is 14.3. The van der Waals surface area contributed by atoms with Gasteiger partial charge in [0.25, 0.3) is 0 Å². The third-order valence-electron chi connectivity index (χ3n) is 3.73. The molecule has 0 fully saturated rings. The van der Waals surface area contributed by atoms with Crippen LogP contribution in [0.5, 0.6) is 11.5 Å². The van der Waals surface area contributed by atoms with Gasteiger partial charge in [0.1, 0.15) is 23.0 Å². The van der Waals surface area contributed by atoms with Gasteiger partial charge in [-0.2, -0.15) is 13.5 Å². The lowest BCUT2D eigenvalue weighted by Gasteiger charge is -2.10. The minimum absolute atomic E-state index is 0.0257. The Balaban J connectivity index is 2.03. The molecule has 2 aromatic carbocycles. The minimum Gasteiger partial charge on any atom is -0.478 e. The number of hydrogen-bond donors (Lipinski definition) is 1. The second-order valence-corrected chi connectivity index (χ2v) is 5.96. The normalized spacial score (nSPS) is 11.1. The van der Waals surface area contributed by atoms with E-state index in [4.69, 9.17) is 21.4 Å². The van der Waals surface area contributed by atoms with E-state index in [2.05, 4.69) is 5.10 Å². The summed E-state index contributed by atoms with van der Waals surface area (Å²) in [5.41, 5.74) is -1.64. The summed E-state index contributed by atoms with van der Waals surface area (Å²) in [7, 11) is 0. The molecule has 3 aromatic rings. The van der Waals surface area contributed by atoms with Crippen LogP contribution >= 0.6 is 11.6 Å². The number of carboxylic acid groups (broad SMARTS) is 1. The zero-order valence-electron chi connectivity index (χ0n) is 14.1. The van der Waals surface area contributed by atoms with Crippen molar-refractivity contribution in [2.24, 2.45) is 0 Å². The average Bonchev–Trinajstić information content (AvgIpc) is 2.92. The van der Waals surface area contributed by atoms with Crippen LogP contribution in [0.25, 0.3) is 5.69 Å². The number of nitrogens with zero attached hydrogens (tertiary/aromatic N) is 3. The first kappa shape index (κ1) is 19.5. The quantitative estimate of drug-likeness (QED) is 0.682. The number of benzene rings is 2. The van der Waals surface area contributed by atoms with E-state index in [0.29, 0.717) is 4.68 Å². The Morgan fingerprint density at radius 2 is 1.89 bits per heavy atom. The highest BCUT2D eigenvalue weighted by Gasteiger charge is 2.21. The summed E-state index contributed by atoms with van der Waals surface area (Å²) in [4.78, 5) is 23.0. The molecule has 0 radical (unpaired) electrons. The van der Waals surface area contributed by atoms with Crippen molar-refractivity contribution in [2.75, 3.05) is 0 Å². The largest absolute Gasteiger partial charge is 0.478 e. The molecule has 146 valence electrons. The van der Waals surface area contributed by atoms with Crippen molar-refractivity contribution >= 4 is 17.6 Å². The van der Waals surface area contributed by atoms with E-state index in [-0.39, 0.29) is 32.5 Å². The maximum atomic E-state index is 14.3.